The lowest BCUT2D eigenvalue weighted by Crippen LogP contribution is -2.00. The van der Waals surface area contributed by atoms with E-state index in [-0.39, 0.29) is 18.0 Å². The first-order chi connectivity index (χ1) is 10.1. The van der Waals surface area contributed by atoms with Gasteiger partial charge in [-0.25, -0.2) is 14.5 Å². The van der Waals surface area contributed by atoms with Gasteiger partial charge >= 0.3 is 5.97 Å². The van der Waals surface area contributed by atoms with Crippen LogP contribution < -0.4 is 0 Å². The molecule has 1 aromatic carbocycles. The summed E-state index contributed by atoms with van der Waals surface area (Å²) < 4.78 is 3.42. The molecule has 22 heavy (non-hydrogen) atoms. The van der Waals surface area contributed by atoms with Crippen molar-refractivity contribution >= 4 is 18.4 Å². The molecule has 2 heterocycles. The quantitative estimate of drug-likeness (QED) is 0.799. The van der Waals surface area contributed by atoms with Crippen molar-refractivity contribution in [2.24, 2.45) is 7.05 Å². The minimum atomic E-state index is -0.973. The van der Waals surface area contributed by atoms with Gasteiger partial charge in [-0.2, -0.15) is 0 Å². The van der Waals surface area contributed by atoms with Crippen LogP contribution in [0.15, 0.2) is 36.8 Å². The molecule has 0 aliphatic heterocycles. The lowest BCUT2D eigenvalue weighted by Gasteiger charge is -2.01. The summed E-state index contributed by atoms with van der Waals surface area (Å²) in [4.78, 5) is 15.2. The van der Waals surface area contributed by atoms with Gasteiger partial charge in [-0.1, -0.05) is 11.3 Å². The molecule has 0 amide bonds. The number of benzene rings is 1. The average molecular weight is 320 g/mol. The Labute approximate surface area is 132 Å². The number of nitrogens with zero attached hydrogens (tertiary/aromatic N) is 5. The van der Waals surface area contributed by atoms with Gasteiger partial charge in [-0.05, 0) is 25.1 Å². The summed E-state index contributed by atoms with van der Waals surface area (Å²) in [6.07, 6.45) is 3.47. The fourth-order valence-electron chi connectivity index (χ4n) is 2.19. The molecule has 1 N–H and O–H groups in total. The Bertz CT molecular complexity index is 805. The Morgan fingerprint density at radius 2 is 2.09 bits per heavy atom. The van der Waals surface area contributed by atoms with Gasteiger partial charge in [0, 0.05) is 7.05 Å². The molecule has 0 spiro atoms. The van der Waals surface area contributed by atoms with Crippen molar-refractivity contribution in [3.05, 3.63) is 48.0 Å². The average Bonchev–Trinajstić information content (AvgIpc) is 3.06. The standard InChI is InChI=1S/C14H13N5O2.ClH/c1-9-13(18(2)8-15-9)12-7-19(17-16-12)11-5-3-4-10(6-11)14(20)21;/h3-8H,1-2H3,(H,20,21);1H. The Balaban J connectivity index is 0.00000176. The van der Waals surface area contributed by atoms with Crippen molar-refractivity contribution in [2.45, 2.75) is 6.92 Å². The summed E-state index contributed by atoms with van der Waals surface area (Å²) in [7, 11) is 1.89. The molecule has 0 bridgehead atoms. The van der Waals surface area contributed by atoms with E-state index in [1.54, 1.807) is 35.4 Å². The van der Waals surface area contributed by atoms with Crippen LogP contribution >= 0.6 is 12.4 Å². The van der Waals surface area contributed by atoms with Crippen LogP contribution in [0.3, 0.4) is 0 Å². The van der Waals surface area contributed by atoms with Crippen molar-refractivity contribution in [1.82, 2.24) is 24.5 Å². The van der Waals surface area contributed by atoms with Crippen LogP contribution in [-0.4, -0.2) is 35.6 Å². The monoisotopic (exact) mass is 319 g/mol. The highest BCUT2D eigenvalue weighted by Crippen LogP contribution is 2.20. The fraction of sp³-hybridized carbons (Fsp3) is 0.143. The molecule has 0 radical (unpaired) electrons. The normalized spacial score (nSPS) is 10.3. The number of carbonyl (C=O) groups is 1. The predicted octanol–water partition coefficient (Wildman–Crippen LogP) is 2.10. The van der Waals surface area contributed by atoms with Crippen LogP contribution in [0, 0.1) is 6.92 Å². The summed E-state index contributed by atoms with van der Waals surface area (Å²) >= 11 is 0. The highest BCUT2D eigenvalue weighted by molar-refractivity contribution is 5.88. The van der Waals surface area contributed by atoms with Gasteiger partial charge in [0.25, 0.3) is 0 Å². The summed E-state index contributed by atoms with van der Waals surface area (Å²) in [5.74, 6) is -0.973. The molecule has 0 fully saturated rings. The second-order valence-corrected chi connectivity index (χ2v) is 4.69. The van der Waals surface area contributed by atoms with Crippen molar-refractivity contribution in [1.29, 1.82) is 0 Å². The number of aromatic carboxylic acids is 1. The van der Waals surface area contributed by atoms with Crippen LogP contribution in [0.4, 0.5) is 0 Å². The third-order valence-electron chi connectivity index (χ3n) is 3.21. The van der Waals surface area contributed by atoms with Crippen LogP contribution in [-0.2, 0) is 7.05 Å². The van der Waals surface area contributed by atoms with Gasteiger partial charge in [0.15, 0.2) is 0 Å². The second-order valence-electron chi connectivity index (χ2n) is 4.69. The van der Waals surface area contributed by atoms with E-state index in [0.29, 0.717) is 11.4 Å². The molecule has 7 nitrogen and oxygen atoms in total. The first-order valence-electron chi connectivity index (χ1n) is 6.30. The SMILES string of the molecule is Cc1ncn(C)c1-c1cn(-c2cccc(C(=O)O)c2)nn1.Cl. The zero-order valence-electron chi connectivity index (χ0n) is 12.0. The van der Waals surface area contributed by atoms with Gasteiger partial charge in [0.1, 0.15) is 5.69 Å². The lowest BCUT2D eigenvalue weighted by atomic mass is 10.2. The molecule has 0 aliphatic rings. The minimum absolute atomic E-state index is 0. The van der Waals surface area contributed by atoms with Gasteiger partial charge in [0.05, 0.1) is 35.2 Å². The molecule has 0 unspecified atom stereocenters. The van der Waals surface area contributed by atoms with Crippen LogP contribution in [0.5, 0.6) is 0 Å². The van der Waals surface area contributed by atoms with Crippen molar-refractivity contribution in [3.8, 4) is 17.1 Å². The molecule has 0 atom stereocenters. The summed E-state index contributed by atoms with van der Waals surface area (Å²) in [6, 6.07) is 6.54. The van der Waals surface area contributed by atoms with Crippen LogP contribution in [0.2, 0.25) is 0 Å². The maximum atomic E-state index is 11.0. The number of hydrogen-bond donors (Lipinski definition) is 1. The van der Waals surface area contributed by atoms with Gasteiger partial charge < -0.3 is 9.67 Å². The molecular weight excluding hydrogens is 306 g/mol. The molecule has 2 aromatic heterocycles. The number of rotatable bonds is 3. The van der Waals surface area contributed by atoms with E-state index >= 15 is 0 Å². The maximum Gasteiger partial charge on any atom is 0.335 e. The Kier molecular flexibility index (Phi) is 4.27. The Morgan fingerprint density at radius 3 is 2.73 bits per heavy atom. The molecule has 3 aromatic rings. The van der Waals surface area contributed by atoms with E-state index in [4.69, 9.17) is 5.11 Å². The molecular formula is C14H14ClN5O2. The summed E-state index contributed by atoms with van der Waals surface area (Å²) in [5, 5.41) is 17.2. The molecule has 0 saturated heterocycles. The van der Waals surface area contributed by atoms with E-state index in [0.717, 1.165) is 11.4 Å². The number of imidazole rings is 1. The van der Waals surface area contributed by atoms with E-state index < -0.39 is 5.97 Å². The van der Waals surface area contributed by atoms with E-state index in [1.807, 2.05) is 18.5 Å². The molecule has 0 saturated carbocycles. The minimum Gasteiger partial charge on any atom is -0.478 e. The zero-order valence-corrected chi connectivity index (χ0v) is 12.8. The lowest BCUT2D eigenvalue weighted by molar-refractivity contribution is 0.0697. The topological polar surface area (TPSA) is 85.8 Å². The van der Waals surface area contributed by atoms with E-state index in [9.17, 15) is 4.79 Å². The van der Waals surface area contributed by atoms with Gasteiger partial charge in [-0.3, -0.25) is 0 Å². The van der Waals surface area contributed by atoms with Gasteiger partial charge in [-0.15, -0.1) is 17.5 Å². The van der Waals surface area contributed by atoms with Crippen molar-refractivity contribution in [3.63, 3.8) is 0 Å². The maximum absolute atomic E-state index is 11.0. The predicted molar refractivity (Wildman–Crippen MR) is 82.5 cm³/mol. The number of hydrogen-bond acceptors (Lipinski definition) is 4. The van der Waals surface area contributed by atoms with Crippen LogP contribution in [0.1, 0.15) is 16.1 Å². The van der Waals surface area contributed by atoms with E-state index in [2.05, 4.69) is 15.3 Å². The number of aryl methyl sites for hydroxylation is 2. The van der Waals surface area contributed by atoms with E-state index in [1.165, 1.54) is 6.07 Å². The number of carboxylic acid groups (broad SMARTS) is 1. The second kappa shape index (κ2) is 5.98. The van der Waals surface area contributed by atoms with Crippen molar-refractivity contribution in [2.75, 3.05) is 0 Å². The Hall–Kier alpha value is -2.67. The van der Waals surface area contributed by atoms with Crippen molar-refractivity contribution < 1.29 is 9.90 Å². The first kappa shape index (κ1) is 15.7. The molecule has 8 heteroatoms. The number of aromatic nitrogens is 5. The third kappa shape index (κ3) is 2.71. The molecule has 114 valence electrons. The Morgan fingerprint density at radius 1 is 1.32 bits per heavy atom. The fourth-order valence-corrected chi connectivity index (χ4v) is 2.19. The molecule has 3 rings (SSSR count). The number of halogens is 1. The highest BCUT2D eigenvalue weighted by Gasteiger charge is 2.13. The smallest absolute Gasteiger partial charge is 0.335 e. The highest BCUT2D eigenvalue weighted by atomic mass is 35.5. The first-order valence-corrected chi connectivity index (χ1v) is 6.30. The number of carboxylic acids is 1. The van der Waals surface area contributed by atoms with Crippen LogP contribution in [0.25, 0.3) is 17.1 Å². The summed E-state index contributed by atoms with van der Waals surface area (Å²) in [6.45, 7) is 1.90. The third-order valence-corrected chi connectivity index (χ3v) is 3.21. The molecule has 0 aliphatic carbocycles. The van der Waals surface area contributed by atoms with Gasteiger partial charge in [0.2, 0.25) is 0 Å². The largest absolute Gasteiger partial charge is 0.478 e. The zero-order chi connectivity index (χ0) is 15.0. The summed E-state index contributed by atoms with van der Waals surface area (Å²) in [5.41, 5.74) is 3.29.